The van der Waals surface area contributed by atoms with Gasteiger partial charge in [0.2, 0.25) is 5.78 Å². The number of carbonyl (C=O) groups is 3. The molecule has 3 aliphatic rings. The molecule has 4 rings (SSSR count). The summed E-state index contributed by atoms with van der Waals surface area (Å²) in [5.74, 6) is -6.43. The Bertz CT molecular complexity index is 1210. The highest BCUT2D eigenvalue weighted by Gasteiger charge is 2.63. The number of primary amides is 1. The summed E-state index contributed by atoms with van der Waals surface area (Å²) in [7, 11) is 3.21. The number of phenolic OH excluding ortho intramolecular Hbond substituents is 1. The molecular weight excluding hydrogens is 466 g/mol. The minimum atomic E-state index is -2.63. The average Bonchev–Trinajstić information content (AvgIpc) is 2.80. The molecule has 0 heterocycles. The Balaban J connectivity index is 1.91. The quantitative estimate of drug-likeness (QED) is 0.359. The van der Waals surface area contributed by atoms with Crippen LogP contribution in [0.4, 0.5) is 0 Å². The van der Waals surface area contributed by atoms with Gasteiger partial charge >= 0.3 is 0 Å². The van der Waals surface area contributed by atoms with Gasteiger partial charge < -0.3 is 26.2 Å². The second-order valence-electron chi connectivity index (χ2n) is 10.0. The van der Waals surface area contributed by atoms with Gasteiger partial charge in [0, 0.05) is 18.0 Å². The van der Waals surface area contributed by atoms with Gasteiger partial charge in [0.1, 0.15) is 22.8 Å². The summed E-state index contributed by atoms with van der Waals surface area (Å²) in [6.07, 6.45) is 0.367. The number of ketones is 2. The number of amides is 1. The van der Waals surface area contributed by atoms with Crippen molar-refractivity contribution >= 4 is 17.5 Å². The lowest BCUT2D eigenvalue weighted by molar-refractivity contribution is -0.148. The summed E-state index contributed by atoms with van der Waals surface area (Å²) in [6.45, 7) is 6.22. The van der Waals surface area contributed by atoms with Crippen LogP contribution in [-0.4, -0.2) is 86.5 Å². The number of phenols is 1. The molecule has 1 aromatic carbocycles. The van der Waals surface area contributed by atoms with Gasteiger partial charge in [0.15, 0.2) is 11.4 Å². The maximum Gasteiger partial charge on any atom is 0.255 e. The van der Waals surface area contributed by atoms with E-state index in [1.165, 1.54) is 11.0 Å². The standard InChI is InChI=1S/C26H33N3O7/c1-5-29(6-2)11-12-7-8-16(30)18-14(12)9-13-10-15-20(28(3)4)22(32)19(25(27)35)24(34)26(15,36)23(33)17(13)21(18)31/h7-8,13,15,20,30,32-33,36H,5-6,9-11H2,1-4H3,(H2,27,35)/t13-,15+,20-,26+/m1/s1. The maximum atomic E-state index is 13.7. The Morgan fingerprint density at radius 1 is 1.14 bits per heavy atom. The lowest BCUT2D eigenvalue weighted by atomic mass is 9.58. The highest BCUT2D eigenvalue weighted by Crippen LogP contribution is 2.52. The number of likely N-dealkylation sites (N-methyl/N-ethyl adjacent to an activating group) is 1. The van der Waals surface area contributed by atoms with E-state index in [1.54, 1.807) is 20.2 Å². The van der Waals surface area contributed by atoms with Crippen molar-refractivity contribution in [2.45, 2.75) is 44.9 Å². The zero-order valence-electron chi connectivity index (χ0n) is 20.9. The van der Waals surface area contributed by atoms with Gasteiger partial charge in [0.05, 0.1) is 11.6 Å². The summed E-state index contributed by atoms with van der Waals surface area (Å²) < 4.78 is 0. The van der Waals surface area contributed by atoms with Crippen molar-refractivity contribution in [2.24, 2.45) is 17.6 Å². The van der Waals surface area contributed by atoms with E-state index in [0.717, 1.165) is 18.7 Å². The van der Waals surface area contributed by atoms with Crippen molar-refractivity contribution in [1.29, 1.82) is 0 Å². The molecular formula is C26H33N3O7. The maximum absolute atomic E-state index is 13.7. The molecule has 10 heteroatoms. The van der Waals surface area contributed by atoms with E-state index in [0.29, 0.717) is 18.5 Å². The molecule has 0 aliphatic heterocycles. The number of rotatable bonds is 6. The first-order chi connectivity index (χ1) is 16.9. The molecule has 0 radical (unpaired) electrons. The van der Waals surface area contributed by atoms with E-state index in [4.69, 9.17) is 5.73 Å². The first kappa shape index (κ1) is 25.9. The largest absolute Gasteiger partial charge is 0.510 e. The fraction of sp³-hybridized carbons (Fsp3) is 0.500. The Morgan fingerprint density at radius 2 is 1.78 bits per heavy atom. The Labute approximate surface area is 209 Å². The molecule has 0 aromatic heterocycles. The number of aliphatic hydroxyl groups is 3. The van der Waals surface area contributed by atoms with Gasteiger partial charge in [0.25, 0.3) is 5.91 Å². The van der Waals surface area contributed by atoms with Crippen LogP contribution >= 0.6 is 0 Å². The number of nitrogens with zero attached hydrogens (tertiary/aromatic N) is 2. The number of fused-ring (bicyclic) bond motifs is 3. The molecule has 0 saturated heterocycles. The fourth-order valence-electron chi connectivity index (χ4n) is 6.15. The molecule has 0 saturated carbocycles. The molecule has 1 aromatic rings. The van der Waals surface area contributed by atoms with Crippen molar-refractivity contribution in [3.8, 4) is 5.75 Å². The van der Waals surface area contributed by atoms with E-state index in [9.17, 15) is 34.8 Å². The normalized spacial score (nSPS) is 27.9. The average molecular weight is 500 g/mol. The highest BCUT2D eigenvalue weighted by molar-refractivity contribution is 6.24. The summed E-state index contributed by atoms with van der Waals surface area (Å²) >= 11 is 0. The summed E-state index contributed by atoms with van der Waals surface area (Å²) in [5, 5.41) is 44.4. The molecule has 36 heavy (non-hydrogen) atoms. The SMILES string of the molecule is CCN(CC)Cc1ccc(O)c2c1C[C@@H]1C[C@H]3[C@@H](N(C)C)C(O)=C(C(N)=O)C(=O)[C@@]3(O)C(O)=C1C2=O. The third-order valence-electron chi connectivity index (χ3n) is 7.99. The van der Waals surface area contributed by atoms with Crippen molar-refractivity contribution in [1.82, 2.24) is 9.80 Å². The lowest BCUT2D eigenvalue weighted by Crippen LogP contribution is -2.63. The second-order valence-corrected chi connectivity index (χ2v) is 10.0. The molecule has 194 valence electrons. The van der Waals surface area contributed by atoms with Crippen LogP contribution in [0.1, 0.15) is 41.8 Å². The van der Waals surface area contributed by atoms with E-state index in [-0.39, 0.29) is 23.3 Å². The fourth-order valence-corrected chi connectivity index (χ4v) is 6.15. The molecule has 1 amide bonds. The first-order valence-corrected chi connectivity index (χ1v) is 12.1. The third-order valence-corrected chi connectivity index (χ3v) is 7.99. The summed E-state index contributed by atoms with van der Waals surface area (Å²) in [6, 6.07) is 2.22. The predicted octanol–water partition coefficient (Wildman–Crippen LogP) is 0.962. The van der Waals surface area contributed by atoms with Crippen LogP contribution in [0.5, 0.6) is 5.75 Å². The van der Waals surface area contributed by atoms with Gasteiger partial charge in [-0.05, 0) is 63.1 Å². The molecule has 0 unspecified atom stereocenters. The molecule has 4 atom stereocenters. The monoisotopic (exact) mass is 499 g/mol. The molecule has 0 bridgehead atoms. The van der Waals surface area contributed by atoms with Gasteiger partial charge in [-0.2, -0.15) is 0 Å². The van der Waals surface area contributed by atoms with Gasteiger partial charge in [-0.15, -0.1) is 0 Å². The zero-order chi connectivity index (χ0) is 26.7. The van der Waals surface area contributed by atoms with Gasteiger partial charge in [-0.1, -0.05) is 19.9 Å². The zero-order valence-corrected chi connectivity index (χ0v) is 20.9. The van der Waals surface area contributed by atoms with Crippen LogP contribution in [0.3, 0.4) is 0 Å². The number of allylic oxidation sites excluding steroid dienone is 1. The highest BCUT2D eigenvalue weighted by atomic mass is 16.3. The van der Waals surface area contributed by atoms with E-state index >= 15 is 0 Å². The predicted molar refractivity (Wildman–Crippen MR) is 130 cm³/mol. The molecule has 6 N–H and O–H groups in total. The van der Waals surface area contributed by atoms with Crippen LogP contribution in [0.2, 0.25) is 0 Å². The van der Waals surface area contributed by atoms with Crippen molar-refractivity contribution < 1.29 is 34.8 Å². The number of carbonyl (C=O) groups excluding carboxylic acids is 3. The Kier molecular flexibility index (Phi) is 6.48. The topological polar surface area (TPSA) is 165 Å². The number of hydrogen-bond donors (Lipinski definition) is 5. The summed E-state index contributed by atoms with van der Waals surface area (Å²) in [4.78, 5) is 42.8. The van der Waals surface area contributed by atoms with Crippen LogP contribution in [0.25, 0.3) is 0 Å². The van der Waals surface area contributed by atoms with Gasteiger partial charge in [-0.3, -0.25) is 24.2 Å². The van der Waals surface area contributed by atoms with Crippen LogP contribution in [-0.2, 0) is 22.6 Å². The first-order valence-electron chi connectivity index (χ1n) is 12.1. The Hall–Kier alpha value is -3.21. The van der Waals surface area contributed by atoms with E-state index in [1.807, 2.05) is 13.8 Å². The lowest BCUT2D eigenvalue weighted by Gasteiger charge is -2.50. The molecule has 10 nitrogen and oxygen atoms in total. The van der Waals surface area contributed by atoms with Crippen LogP contribution in [0.15, 0.2) is 34.8 Å². The van der Waals surface area contributed by atoms with Crippen LogP contribution in [0, 0.1) is 11.8 Å². The van der Waals surface area contributed by atoms with E-state index < -0.39 is 58.0 Å². The minimum absolute atomic E-state index is 0.0421. The van der Waals surface area contributed by atoms with E-state index in [2.05, 4.69) is 4.90 Å². The second kappa shape index (κ2) is 9.02. The van der Waals surface area contributed by atoms with Crippen molar-refractivity contribution in [2.75, 3.05) is 27.2 Å². The summed E-state index contributed by atoms with van der Waals surface area (Å²) in [5.41, 5.74) is 3.35. The molecule has 3 aliphatic carbocycles. The van der Waals surface area contributed by atoms with Crippen molar-refractivity contribution in [3.05, 3.63) is 51.5 Å². The number of hydrogen-bond acceptors (Lipinski definition) is 9. The van der Waals surface area contributed by atoms with Crippen LogP contribution < -0.4 is 5.73 Å². The van der Waals surface area contributed by atoms with Gasteiger partial charge in [-0.25, -0.2) is 0 Å². The number of aromatic hydroxyl groups is 1. The molecule has 0 fully saturated rings. The van der Waals surface area contributed by atoms with Crippen molar-refractivity contribution in [3.63, 3.8) is 0 Å². The minimum Gasteiger partial charge on any atom is -0.510 e. The smallest absolute Gasteiger partial charge is 0.255 e. The third kappa shape index (κ3) is 3.55. The number of Topliss-reactive ketones (excluding diaryl/α,β-unsaturated/α-hetero) is 2. The molecule has 0 spiro atoms. The number of aliphatic hydroxyl groups excluding tert-OH is 2. The number of nitrogens with two attached hydrogens (primary N) is 1. The number of benzene rings is 1. The Morgan fingerprint density at radius 3 is 2.33 bits per heavy atom.